The Morgan fingerprint density at radius 3 is 2.68 bits per heavy atom. The lowest BCUT2D eigenvalue weighted by Crippen LogP contribution is -2.34. The predicted molar refractivity (Wildman–Crippen MR) is 77.2 cm³/mol. The fraction of sp³-hybridized carbons (Fsp3) is 0.533. The minimum absolute atomic E-state index is 0.0383. The Morgan fingerprint density at radius 1 is 1.37 bits per heavy atom. The first-order chi connectivity index (χ1) is 9.02. The van der Waals surface area contributed by atoms with Gasteiger partial charge in [0.25, 0.3) is 5.91 Å². The van der Waals surface area contributed by atoms with Crippen LogP contribution < -0.4 is 15.8 Å². The van der Waals surface area contributed by atoms with Crippen molar-refractivity contribution in [1.82, 2.24) is 5.32 Å². The van der Waals surface area contributed by atoms with Crippen LogP contribution in [-0.4, -0.2) is 24.6 Å². The molecule has 1 unspecified atom stereocenters. The van der Waals surface area contributed by atoms with Gasteiger partial charge in [0.2, 0.25) is 0 Å². The first kappa shape index (κ1) is 15.5. The van der Waals surface area contributed by atoms with E-state index in [9.17, 15) is 4.79 Å². The molecule has 0 aliphatic rings. The Morgan fingerprint density at radius 2 is 2.05 bits per heavy atom. The number of carbonyl (C=O) groups excluding carboxylic acids is 1. The van der Waals surface area contributed by atoms with Crippen LogP contribution in [-0.2, 0) is 11.2 Å². The van der Waals surface area contributed by atoms with Gasteiger partial charge in [0.05, 0.1) is 0 Å². The van der Waals surface area contributed by atoms with E-state index in [0.717, 1.165) is 24.2 Å². The van der Waals surface area contributed by atoms with E-state index in [2.05, 4.69) is 12.2 Å². The molecule has 1 atom stereocenters. The van der Waals surface area contributed by atoms with Crippen molar-refractivity contribution in [3.8, 4) is 5.75 Å². The largest absolute Gasteiger partial charge is 0.483 e. The molecule has 1 aromatic carbocycles. The third-order valence-electron chi connectivity index (χ3n) is 2.79. The van der Waals surface area contributed by atoms with Gasteiger partial charge in [-0.2, -0.15) is 0 Å². The molecule has 0 fully saturated rings. The van der Waals surface area contributed by atoms with Gasteiger partial charge < -0.3 is 15.8 Å². The topological polar surface area (TPSA) is 64.3 Å². The number of nitrogens with one attached hydrogen (secondary N) is 1. The summed E-state index contributed by atoms with van der Waals surface area (Å²) in [6.45, 7) is 5.94. The van der Waals surface area contributed by atoms with Gasteiger partial charge in [-0.25, -0.2) is 0 Å². The molecule has 0 bridgehead atoms. The Balaban J connectivity index is 2.60. The second kappa shape index (κ2) is 7.79. The number of hydrogen-bond donors (Lipinski definition) is 2. The molecular weight excluding hydrogens is 240 g/mol. The second-order valence-corrected chi connectivity index (χ2v) is 4.99. The molecule has 0 aromatic heterocycles. The maximum absolute atomic E-state index is 11.6. The number of nitrogens with two attached hydrogens (primary N) is 1. The van der Waals surface area contributed by atoms with E-state index in [-0.39, 0.29) is 24.6 Å². The van der Waals surface area contributed by atoms with Crippen molar-refractivity contribution >= 4 is 5.91 Å². The van der Waals surface area contributed by atoms with Gasteiger partial charge in [0, 0.05) is 12.1 Å². The highest BCUT2D eigenvalue weighted by Crippen LogP contribution is 2.19. The summed E-state index contributed by atoms with van der Waals surface area (Å²) in [5.41, 5.74) is 7.01. The summed E-state index contributed by atoms with van der Waals surface area (Å²) in [6, 6.07) is 7.97. The molecule has 0 heterocycles. The molecule has 106 valence electrons. The zero-order valence-corrected chi connectivity index (χ0v) is 12.0. The number of ether oxygens (including phenoxy) is 1. The van der Waals surface area contributed by atoms with Crippen molar-refractivity contribution in [2.45, 2.75) is 45.7 Å². The van der Waals surface area contributed by atoms with E-state index in [1.54, 1.807) is 0 Å². The predicted octanol–water partition coefficient (Wildman–Crippen LogP) is 1.87. The normalized spacial score (nSPS) is 12.3. The lowest BCUT2D eigenvalue weighted by molar-refractivity contribution is -0.123. The smallest absolute Gasteiger partial charge is 0.258 e. The third-order valence-corrected chi connectivity index (χ3v) is 2.79. The standard InChI is InChI=1S/C15H24N2O2/c1-4-13(16)9-12-7-5-6-8-14(12)19-10-15(18)17-11(2)3/h5-8,11,13H,4,9-10,16H2,1-3H3,(H,17,18). The van der Waals surface area contributed by atoms with Crippen molar-refractivity contribution in [1.29, 1.82) is 0 Å². The maximum atomic E-state index is 11.6. The lowest BCUT2D eigenvalue weighted by atomic mass is 10.0. The van der Waals surface area contributed by atoms with Gasteiger partial charge in [-0.1, -0.05) is 25.1 Å². The summed E-state index contributed by atoms with van der Waals surface area (Å²) in [4.78, 5) is 11.6. The van der Waals surface area contributed by atoms with Gasteiger partial charge in [-0.05, 0) is 38.3 Å². The van der Waals surface area contributed by atoms with Gasteiger partial charge in [0.15, 0.2) is 6.61 Å². The Kier molecular flexibility index (Phi) is 6.36. The molecule has 4 nitrogen and oxygen atoms in total. The molecule has 1 amide bonds. The molecule has 0 aliphatic heterocycles. The van der Waals surface area contributed by atoms with Crippen LogP contribution in [0, 0.1) is 0 Å². The highest BCUT2D eigenvalue weighted by Gasteiger charge is 2.09. The molecule has 0 saturated carbocycles. The summed E-state index contributed by atoms with van der Waals surface area (Å²) in [5.74, 6) is 0.634. The molecule has 4 heteroatoms. The summed E-state index contributed by atoms with van der Waals surface area (Å²) in [6.07, 6.45) is 1.68. The second-order valence-electron chi connectivity index (χ2n) is 4.99. The summed E-state index contributed by atoms with van der Waals surface area (Å²) in [5, 5.41) is 2.80. The summed E-state index contributed by atoms with van der Waals surface area (Å²) < 4.78 is 5.58. The van der Waals surface area contributed by atoms with Gasteiger partial charge in [-0.3, -0.25) is 4.79 Å². The first-order valence-corrected chi connectivity index (χ1v) is 6.78. The minimum atomic E-state index is -0.107. The zero-order valence-electron chi connectivity index (χ0n) is 12.0. The molecule has 1 aromatic rings. The monoisotopic (exact) mass is 264 g/mol. The van der Waals surface area contributed by atoms with Crippen LogP contribution in [0.3, 0.4) is 0 Å². The van der Waals surface area contributed by atoms with Crippen LogP contribution in [0.5, 0.6) is 5.75 Å². The Bertz CT molecular complexity index is 405. The SMILES string of the molecule is CCC(N)Cc1ccccc1OCC(=O)NC(C)C. The number of para-hydroxylation sites is 1. The molecule has 0 saturated heterocycles. The van der Waals surface area contributed by atoms with Crippen LogP contribution >= 0.6 is 0 Å². The number of rotatable bonds is 7. The van der Waals surface area contributed by atoms with E-state index in [1.165, 1.54) is 0 Å². The van der Waals surface area contributed by atoms with Crippen LogP contribution in [0.1, 0.15) is 32.8 Å². The molecule has 19 heavy (non-hydrogen) atoms. The number of benzene rings is 1. The van der Waals surface area contributed by atoms with E-state index in [1.807, 2.05) is 38.1 Å². The van der Waals surface area contributed by atoms with Crippen LogP contribution in [0.4, 0.5) is 0 Å². The molecule has 0 aliphatic carbocycles. The molecule has 3 N–H and O–H groups in total. The average Bonchev–Trinajstić information content (AvgIpc) is 2.36. The fourth-order valence-corrected chi connectivity index (χ4v) is 1.75. The van der Waals surface area contributed by atoms with Crippen LogP contribution in [0.25, 0.3) is 0 Å². The van der Waals surface area contributed by atoms with Gasteiger partial charge in [0.1, 0.15) is 5.75 Å². The molecule has 0 spiro atoms. The zero-order chi connectivity index (χ0) is 14.3. The van der Waals surface area contributed by atoms with E-state index in [4.69, 9.17) is 10.5 Å². The first-order valence-electron chi connectivity index (χ1n) is 6.78. The lowest BCUT2D eigenvalue weighted by Gasteiger charge is -2.14. The highest BCUT2D eigenvalue weighted by molar-refractivity contribution is 5.77. The number of hydrogen-bond acceptors (Lipinski definition) is 3. The highest BCUT2D eigenvalue weighted by atomic mass is 16.5. The van der Waals surface area contributed by atoms with Crippen molar-refractivity contribution < 1.29 is 9.53 Å². The van der Waals surface area contributed by atoms with E-state index >= 15 is 0 Å². The van der Waals surface area contributed by atoms with Crippen molar-refractivity contribution in [2.24, 2.45) is 5.73 Å². The Labute approximate surface area is 115 Å². The summed E-state index contributed by atoms with van der Waals surface area (Å²) in [7, 11) is 0. The van der Waals surface area contributed by atoms with Gasteiger partial charge in [-0.15, -0.1) is 0 Å². The van der Waals surface area contributed by atoms with E-state index < -0.39 is 0 Å². The molecule has 1 rings (SSSR count). The van der Waals surface area contributed by atoms with Crippen molar-refractivity contribution in [3.05, 3.63) is 29.8 Å². The van der Waals surface area contributed by atoms with Crippen molar-refractivity contribution in [3.63, 3.8) is 0 Å². The van der Waals surface area contributed by atoms with Crippen LogP contribution in [0.15, 0.2) is 24.3 Å². The summed E-state index contributed by atoms with van der Waals surface area (Å²) >= 11 is 0. The number of amides is 1. The minimum Gasteiger partial charge on any atom is -0.483 e. The Hall–Kier alpha value is -1.55. The van der Waals surface area contributed by atoms with Gasteiger partial charge >= 0.3 is 0 Å². The van der Waals surface area contributed by atoms with E-state index in [0.29, 0.717) is 0 Å². The average molecular weight is 264 g/mol. The molecule has 0 radical (unpaired) electrons. The number of carbonyl (C=O) groups is 1. The maximum Gasteiger partial charge on any atom is 0.258 e. The third kappa shape index (κ3) is 5.75. The molecular formula is C15H24N2O2. The van der Waals surface area contributed by atoms with Crippen LogP contribution in [0.2, 0.25) is 0 Å². The quantitative estimate of drug-likeness (QED) is 0.790. The fourth-order valence-electron chi connectivity index (χ4n) is 1.75. The van der Waals surface area contributed by atoms with Crippen molar-refractivity contribution in [2.75, 3.05) is 6.61 Å².